The molecule has 1 aliphatic rings. The topological polar surface area (TPSA) is 80.3 Å². The first-order chi connectivity index (χ1) is 13.6. The number of anilines is 2. The van der Waals surface area contributed by atoms with Crippen LogP contribution in [0.4, 0.5) is 10.8 Å². The standard InChI is InChI=1S/C21H17N3O3S/c1-13(9-14-5-3-2-4-6-14)20(26)24-21-23-17(12-28-21)15-7-8-18-16(10-15)22-19(25)11-27-18/h2-10,12H,11H2,1H3,(H,22,25)(H,23,24,26)/b13-9-. The molecule has 0 spiro atoms. The van der Waals surface area contributed by atoms with Crippen molar-refractivity contribution in [2.24, 2.45) is 0 Å². The van der Waals surface area contributed by atoms with Crippen LogP contribution in [0.15, 0.2) is 59.5 Å². The van der Waals surface area contributed by atoms with Gasteiger partial charge in [-0.05, 0) is 36.8 Å². The van der Waals surface area contributed by atoms with Crippen molar-refractivity contribution in [3.8, 4) is 17.0 Å². The molecule has 2 aromatic carbocycles. The number of aromatic nitrogens is 1. The summed E-state index contributed by atoms with van der Waals surface area (Å²) in [4.78, 5) is 28.4. The molecule has 0 atom stereocenters. The van der Waals surface area contributed by atoms with E-state index in [0.29, 0.717) is 27.8 Å². The van der Waals surface area contributed by atoms with Crippen molar-refractivity contribution in [3.05, 3.63) is 65.0 Å². The molecule has 0 fully saturated rings. The number of carbonyl (C=O) groups excluding carboxylic acids is 2. The Balaban J connectivity index is 1.49. The second-order valence-corrected chi connectivity index (χ2v) is 7.14. The van der Waals surface area contributed by atoms with Gasteiger partial charge in [0.25, 0.3) is 11.8 Å². The Bertz CT molecular complexity index is 1070. The molecule has 0 aliphatic carbocycles. The first-order valence-corrected chi connectivity index (χ1v) is 9.54. The van der Waals surface area contributed by atoms with Gasteiger partial charge in [0.15, 0.2) is 11.7 Å². The quantitative estimate of drug-likeness (QED) is 0.654. The number of nitrogens with one attached hydrogen (secondary N) is 2. The minimum Gasteiger partial charge on any atom is -0.482 e. The summed E-state index contributed by atoms with van der Waals surface area (Å²) in [6.45, 7) is 1.79. The molecule has 2 N–H and O–H groups in total. The van der Waals surface area contributed by atoms with Crippen LogP contribution in [0.1, 0.15) is 12.5 Å². The number of nitrogens with zero attached hydrogens (tertiary/aromatic N) is 1. The van der Waals surface area contributed by atoms with Crippen molar-refractivity contribution < 1.29 is 14.3 Å². The molecule has 1 aromatic heterocycles. The number of amides is 2. The van der Waals surface area contributed by atoms with Crippen molar-refractivity contribution in [1.82, 2.24) is 4.98 Å². The molecule has 0 bridgehead atoms. The Morgan fingerprint density at radius 3 is 2.89 bits per heavy atom. The van der Waals surface area contributed by atoms with Crippen LogP contribution >= 0.6 is 11.3 Å². The maximum atomic E-state index is 12.4. The van der Waals surface area contributed by atoms with Gasteiger partial charge in [-0.25, -0.2) is 4.98 Å². The lowest BCUT2D eigenvalue weighted by Crippen LogP contribution is -2.25. The largest absolute Gasteiger partial charge is 0.482 e. The van der Waals surface area contributed by atoms with Gasteiger partial charge in [0, 0.05) is 16.5 Å². The summed E-state index contributed by atoms with van der Waals surface area (Å²) in [6, 6.07) is 15.2. The number of hydrogen-bond acceptors (Lipinski definition) is 5. The highest BCUT2D eigenvalue weighted by Gasteiger charge is 2.17. The van der Waals surface area contributed by atoms with Crippen molar-refractivity contribution in [1.29, 1.82) is 0 Å². The van der Waals surface area contributed by atoms with E-state index in [9.17, 15) is 9.59 Å². The Hall–Kier alpha value is -3.45. The van der Waals surface area contributed by atoms with E-state index >= 15 is 0 Å². The molecule has 140 valence electrons. The monoisotopic (exact) mass is 391 g/mol. The molecule has 28 heavy (non-hydrogen) atoms. The van der Waals surface area contributed by atoms with E-state index in [1.807, 2.05) is 53.9 Å². The van der Waals surface area contributed by atoms with Crippen LogP contribution in [0.25, 0.3) is 17.3 Å². The highest BCUT2D eigenvalue weighted by atomic mass is 32.1. The van der Waals surface area contributed by atoms with Crippen LogP contribution in [-0.2, 0) is 9.59 Å². The minimum atomic E-state index is -0.198. The lowest BCUT2D eigenvalue weighted by atomic mass is 10.1. The van der Waals surface area contributed by atoms with Crippen LogP contribution in [0.5, 0.6) is 5.75 Å². The van der Waals surface area contributed by atoms with Gasteiger partial charge in [0.2, 0.25) is 0 Å². The predicted molar refractivity (Wildman–Crippen MR) is 110 cm³/mol. The zero-order valence-electron chi connectivity index (χ0n) is 15.1. The van der Waals surface area contributed by atoms with Gasteiger partial charge in [0.05, 0.1) is 11.4 Å². The van der Waals surface area contributed by atoms with Gasteiger partial charge in [-0.2, -0.15) is 0 Å². The third kappa shape index (κ3) is 3.94. The average molecular weight is 391 g/mol. The lowest BCUT2D eigenvalue weighted by Gasteiger charge is -2.18. The summed E-state index contributed by atoms with van der Waals surface area (Å²) in [5, 5.41) is 7.98. The minimum absolute atomic E-state index is 0.0229. The fraction of sp³-hybridized carbons (Fsp3) is 0.0952. The molecule has 7 heteroatoms. The van der Waals surface area contributed by atoms with E-state index in [0.717, 1.165) is 11.1 Å². The number of ether oxygens (including phenoxy) is 1. The molecule has 6 nitrogen and oxygen atoms in total. The Kier molecular flexibility index (Phi) is 4.90. The Morgan fingerprint density at radius 2 is 2.07 bits per heavy atom. The molecule has 4 rings (SSSR count). The molecule has 3 aromatic rings. The fourth-order valence-electron chi connectivity index (χ4n) is 2.77. The highest BCUT2D eigenvalue weighted by Crippen LogP contribution is 2.33. The molecule has 0 saturated carbocycles. The fourth-order valence-corrected chi connectivity index (χ4v) is 3.48. The van der Waals surface area contributed by atoms with Gasteiger partial charge in [-0.1, -0.05) is 30.3 Å². The first kappa shape index (κ1) is 17.9. The maximum Gasteiger partial charge on any atom is 0.262 e. The normalized spacial score (nSPS) is 13.3. The van der Waals surface area contributed by atoms with Crippen LogP contribution in [0, 0.1) is 0 Å². The molecule has 0 radical (unpaired) electrons. The van der Waals surface area contributed by atoms with Gasteiger partial charge in [0.1, 0.15) is 5.75 Å². The number of benzene rings is 2. The average Bonchev–Trinajstić information content (AvgIpc) is 3.16. The van der Waals surface area contributed by atoms with Gasteiger partial charge >= 0.3 is 0 Å². The van der Waals surface area contributed by atoms with Gasteiger partial charge in [-0.3, -0.25) is 14.9 Å². The second-order valence-electron chi connectivity index (χ2n) is 6.28. The van der Waals surface area contributed by atoms with E-state index < -0.39 is 0 Å². The maximum absolute atomic E-state index is 12.4. The zero-order chi connectivity index (χ0) is 19.5. The summed E-state index contributed by atoms with van der Waals surface area (Å²) in [6.07, 6.45) is 1.83. The molecule has 1 aliphatic heterocycles. The zero-order valence-corrected chi connectivity index (χ0v) is 15.9. The van der Waals surface area contributed by atoms with E-state index in [4.69, 9.17) is 4.74 Å². The molecule has 0 saturated heterocycles. The lowest BCUT2D eigenvalue weighted by molar-refractivity contribution is -0.118. The van der Waals surface area contributed by atoms with E-state index in [2.05, 4.69) is 15.6 Å². The summed E-state index contributed by atoms with van der Waals surface area (Å²) in [7, 11) is 0. The van der Waals surface area contributed by atoms with Crippen LogP contribution in [-0.4, -0.2) is 23.4 Å². The summed E-state index contributed by atoms with van der Waals surface area (Å²) >= 11 is 1.35. The number of carbonyl (C=O) groups is 2. The second kappa shape index (κ2) is 7.66. The molecule has 0 unspecified atom stereocenters. The van der Waals surface area contributed by atoms with Crippen molar-refractivity contribution in [2.75, 3.05) is 17.2 Å². The van der Waals surface area contributed by atoms with Crippen LogP contribution in [0.2, 0.25) is 0 Å². The summed E-state index contributed by atoms with van der Waals surface area (Å²) < 4.78 is 5.37. The smallest absolute Gasteiger partial charge is 0.262 e. The Labute approximate surface area is 165 Å². The third-order valence-electron chi connectivity index (χ3n) is 4.17. The van der Waals surface area contributed by atoms with Crippen molar-refractivity contribution in [3.63, 3.8) is 0 Å². The van der Waals surface area contributed by atoms with E-state index in [-0.39, 0.29) is 18.4 Å². The van der Waals surface area contributed by atoms with Crippen LogP contribution in [0.3, 0.4) is 0 Å². The van der Waals surface area contributed by atoms with Crippen molar-refractivity contribution in [2.45, 2.75) is 6.92 Å². The third-order valence-corrected chi connectivity index (χ3v) is 4.93. The number of hydrogen-bond donors (Lipinski definition) is 2. The SMILES string of the molecule is C/C(=C/c1ccccc1)C(=O)Nc1nc(-c2ccc3c(c2)NC(=O)CO3)cs1. The highest BCUT2D eigenvalue weighted by molar-refractivity contribution is 7.14. The summed E-state index contributed by atoms with van der Waals surface area (Å²) in [5.41, 5.74) is 3.73. The van der Waals surface area contributed by atoms with Crippen molar-refractivity contribution >= 4 is 40.0 Å². The molecule has 2 amide bonds. The van der Waals surface area contributed by atoms with Crippen LogP contribution < -0.4 is 15.4 Å². The molecule has 2 heterocycles. The van der Waals surface area contributed by atoms with E-state index in [1.165, 1.54) is 11.3 Å². The first-order valence-electron chi connectivity index (χ1n) is 8.66. The predicted octanol–water partition coefficient (Wildman–Crippen LogP) is 4.18. The molecular formula is C21H17N3O3S. The Morgan fingerprint density at radius 1 is 1.25 bits per heavy atom. The number of rotatable bonds is 4. The number of thiazole rings is 1. The van der Waals surface area contributed by atoms with Gasteiger partial charge < -0.3 is 10.1 Å². The van der Waals surface area contributed by atoms with E-state index in [1.54, 1.807) is 13.0 Å². The summed E-state index contributed by atoms with van der Waals surface area (Å²) in [5.74, 6) is 0.251. The molecular weight excluding hydrogens is 374 g/mol. The van der Waals surface area contributed by atoms with Gasteiger partial charge in [-0.15, -0.1) is 11.3 Å². The number of fused-ring (bicyclic) bond motifs is 1.